The van der Waals surface area contributed by atoms with Gasteiger partial charge in [0.05, 0.1) is 0 Å². The van der Waals surface area contributed by atoms with E-state index in [4.69, 9.17) is 9.47 Å². The summed E-state index contributed by atoms with van der Waals surface area (Å²) in [7, 11) is 1.73. The van der Waals surface area contributed by atoms with Crippen molar-refractivity contribution in [3.8, 4) is 11.5 Å². The van der Waals surface area contributed by atoms with Gasteiger partial charge in [-0.2, -0.15) is 0 Å². The second kappa shape index (κ2) is 9.82. The molecule has 0 aliphatic carbocycles. The van der Waals surface area contributed by atoms with Crippen molar-refractivity contribution in [2.24, 2.45) is 4.99 Å². The number of guanidine groups is 1. The number of fused-ring (bicyclic) bond motifs is 1. The predicted molar refractivity (Wildman–Crippen MR) is 113 cm³/mol. The Morgan fingerprint density at radius 3 is 2.52 bits per heavy atom. The van der Waals surface area contributed by atoms with Crippen LogP contribution in [0.4, 0.5) is 0 Å². The molecular formula is C22H28N4O3. The number of ether oxygens (including phenoxy) is 2. The van der Waals surface area contributed by atoms with Crippen LogP contribution in [-0.4, -0.2) is 31.7 Å². The zero-order chi connectivity index (χ0) is 20.6. The van der Waals surface area contributed by atoms with Crippen LogP contribution in [0.15, 0.2) is 47.5 Å². The van der Waals surface area contributed by atoms with Crippen molar-refractivity contribution in [1.29, 1.82) is 0 Å². The number of aliphatic imine (C=N–C) groups is 1. The molecule has 1 heterocycles. The number of rotatable bonds is 7. The van der Waals surface area contributed by atoms with E-state index in [0.717, 1.165) is 29.0 Å². The van der Waals surface area contributed by atoms with E-state index in [0.29, 0.717) is 24.6 Å². The lowest BCUT2D eigenvalue weighted by molar-refractivity contribution is 0.0939. The van der Waals surface area contributed by atoms with Crippen LogP contribution in [0.5, 0.6) is 11.5 Å². The third-order valence-electron chi connectivity index (χ3n) is 4.76. The summed E-state index contributed by atoms with van der Waals surface area (Å²) in [5, 5.41) is 9.55. The van der Waals surface area contributed by atoms with Crippen LogP contribution in [0.1, 0.15) is 41.8 Å². The molecule has 2 aromatic carbocycles. The zero-order valence-corrected chi connectivity index (χ0v) is 17.1. The molecule has 1 amide bonds. The maximum atomic E-state index is 12.3. The predicted octanol–water partition coefficient (Wildman–Crippen LogP) is 2.81. The molecule has 7 nitrogen and oxygen atoms in total. The van der Waals surface area contributed by atoms with Gasteiger partial charge in [0, 0.05) is 31.7 Å². The number of nitrogens with one attached hydrogen (secondary N) is 3. The van der Waals surface area contributed by atoms with Gasteiger partial charge in [-0.25, -0.2) is 0 Å². The van der Waals surface area contributed by atoms with Crippen molar-refractivity contribution in [1.82, 2.24) is 16.0 Å². The third kappa shape index (κ3) is 5.63. The number of amides is 1. The largest absolute Gasteiger partial charge is 0.454 e. The first-order valence-electron chi connectivity index (χ1n) is 9.82. The van der Waals surface area contributed by atoms with E-state index in [1.54, 1.807) is 7.05 Å². The maximum absolute atomic E-state index is 12.3. The normalized spacial score (nSPS) is 13.7. The molecule has 1 unspecified atom stereocenters. The van der Waals surface area contributed by atoms with Crippen molar-refractivity contribution < 1.29 is 14.3 Å². The lowest BCUT2D eigenvalue weighted by atomic mass is 10.1. The van der Waals surface area contributed by atoms with Gasteiger partial charge in [-0.15, -0.1) is 0 Å². The van der Waals surface area contributed by atoms with Gasteiger partial charge in [0.1, 0.15) is 0 Å². The van der Waals surface area contributed by atoms with Gasteiger partial charge in [-0.1, -0.05) is 25.1 Å². The lowest BCUT2D eigenvalue weighted by Crippen LogP contribution is -2.36. The number of hydrogen-bond acceptors (Lipinski definition) is 4. The Balaban J connectivity index is 1.53. The molecule has 29 heavy (non-hydrogen) atoms. The first-order valence-corrected chi connectivity index (χ1v) is 9.82. The maximum Gasteiger partial charge on any atom is 0.251 e. The smallest absolute Gasteiger partial charge is 0.251 e. The van der Waals surface area contributed by atoms with Crippen molar-refractivity contribution in [2.75, 3.05) is 13.8 Å². The monoisotopic (exact) mass is 396 g/mol. The van der Waals surface area contributed by atoms with Crippen molar-refractivity contribution in [3.63, 3.8) is 0 Å². The van der Waals surface area contributed by atoms with E-state index in [1.807, 2.05) is 56.3 Å². The first-order chi connectivity index (χ1) is 14.1. The Labute approximate surface area is 171 Å². The summed E-state index contributed by atoms with van der Waals surface area (Å²) in [6.07, 6.45) is 0.901. The summed E-state index contributed by atoms with van der Waals surface area (Å²) in [6.45, 7) is 5.48. The molecule has 3 rings (SSSR count). The molecule has 0 radical (unpaired) electrons. The van der Waals surface area contributed by atoms with E-state index in [1.165, 1.54) is 0 Å². The van der Waals surface area contributed by atoms with Gasteiger partial charge in [0.25, 0.3) is 5.91 Å². The van der Waals surface area contributed by atoms with Gasteiger partial charge in [-0.05, 0) is 48.7 Å². The van der Waals surface area contributed by atoms with E-state index >= 15 is 0 Å². The Kier molecular flexibility index (Phi) is 6.94. The first kappa shape index (κ1) is 20.5. The minimum Gasteiger partial charge on any atom is -0.454 e. The van der Waals surface area contributed by atoms with Crippen molar-refractivity contribution >= 4 is 11.9 Å². The van der Waals surface area contributed by atoms with Crippen LogP contribution in [-0.2, 0) is 13.1 Å². The number of carbonyl (C=O) groups excluding carboxylic acids is 1. The molecule has 0 spiro atoms. The number of carbonyl (C=O) groups is 1. The third-order valence-corrected chi connectivity index (χ3v) is 4.76. The molecule has 0 fully saturated rings. The highest BCUT2D eigenvalue weighted by Gasteiger charge is 2.13. The molecule has 0 saturated heterocycles. The SMILES string of the molecule is CCC(C)NC(=O)c1cccc(CNC(=NC)NCc2ccc3c(c2)OCO3)c1. The van der Waals surface area contributed by atoms with Crippen LogP contribution in [0, 0.1) is 0 Å². The minimum absolute atomic E-state index is 0.0495. The fourth-order valence-electron chi connectivity index (χ4n) is 2.87. The fraction of sp³-hybridized carbons (Fsp3) is 0.364. The molecular weight excluding hydrogens is 368 g/mol. The molecule has 7 heteroatoms. The van der Waals surface area contributed by atoms with Crippen LogP contribution < -0.4 is 25.4 Å². The molecule has 0 aromatic heterocycles. The van der Waals surface area contributed by atoms with Crippen LogP contribution in [0.25, 0.3) is 0 Å². The second-order valence-electron chi connectivity index (χ2n) is 6.95. The van der Waals surface area contributed by atoms with Gasteiger partial charge >= 0.3 is 0 Å². The van der Waals surface area contributed by atoms with Crippen molar-refractivity contribution in [2.45, 2.75) is 39.4 Å². The Morgan fingerprint density at radius 1 is 1.07 bits per heavy atom. The Morgan fingerprint density at radius 2 is 1.79 bits per heavy atom. The summed E-state index contributed by atoms with van der Waals surface area (Å²) >= 11 is 0. The van der Waals surface area contributed by atoms with Crippen LogP contribution in [0.3, 0.4) is 0 Å². The number of benzene rings is 2. The van der Waals surface area contributed by atoms with E-state index in [9.17, 15) is 4.79 Å². The van der Waals surface area contributed by atoms with E-state index < -0.39 is 0 Å². The average Bonchev–Trinajstić information content (AvgIpc) is 3.21. The summed E-state index contributed by atoms with van der Waals surface area (Å²) < 4.78 is 10.7. The fourth-order valence-corrected chi connectivity index (χ4v) is 2.87. The summed E-state index contributed by atoms with van der Waals surface area (Å²) in [5.41, 5.74) is 2.74. The van der Waals surface area contributed by atoms with Gasteiger partial charge in [0.2, 0.25) is 6.79 Å². The number of hydrogen-bond donors (Lipinski definition) is 3. The van der Waals surface area contributed by atoms with E-state index in [2.05, 4.69) is 20.9 Å². The highest BCUT2D eigenvalue weighted by molar-refractivity contribution is 5.94. The van der Waals surface area contributed by atoms with Crippen LogP contribution in [0.2, 0.25) is 0 Å². The molecule has 2 aromatic rings. The summed E-state index contributed by atoms with van der Waals surface area (Å²) in [5.74, 6) is 2.16. The molecule has 0 bridgehead atoms. The highest BCUT2D eigenvalue weighted by Crippen LogP contribution is 2.32. The highest BCUT2D eigenvalue weighted by atomic mass is 16.7. The van der Waals surface area contributed by atoms with Gasteiger partial charge in [0.15, 0.2) is 17.5 Å². The van der Waals surface area contributed by atoms with Gasteiger partial charge < -0.3 is 25.4 Å². The summed E-state index contributed by atoms with van der Waals surface area (Å²) in [4.78, 5) is 16.6. The lowest BCUT2D eigenvalue weighted by Gasteiger charge is -2.14. The molecule has 1 aliphatic heterocycles. The molecule has 154 valence electrons. The second-order valence-corrected chi connectivity index (χ2v) is 6.95. The average molecular weight is 396 g/mol. The molecule has 0 saturated carbocycles. The molecule has 3 N–H and O–H groups in total. The van der Waals surface area contributed by atoms with Crippen LogP contribution >= 0.6 is 0 Å². The standard InChI is InChI=1S/C22H28N4O3/c1-4-15(2)26-21(27)18-7-5-6-16(10-18)12-24-22(23-3)25-13-17-8-9-19-20(11-17)29-14-28-19/h5-11,15H,4,12-14H2,1-3H3,(H,26,27)(H2,23,24,25). The molecule has 1 atom stereocenters. The zero-order valence-electron chi connectivity index (χ0n) is 17.1. The minimum atomic E-state index is -0.0495. The number of nitrogens with zero attached hydrogens (tertiary/aromatic N) is 1. The Bertz CT molecular complexity index is 882. The molecule has 1 aliphatic rings. The quantitative estimate of drug-likeness (QED) is 0.495. The van der Waals surface area contributed by atoms with E-state index in [-0.39, 0.29) is 18.7 Å². The van der Waals surface area contributed by atoms with Gasteiger partial charge in [-0.3, -0.25) is 9.79 Å². The van der Waals surface area contributed by atoms with Crippen molar-refractivity contribution in [3.05, 3.63) is 59.2 Å². The Hall–Kier alpha value is -3.22. The summed E-state index contributed by atoms with van der Waals surface area (Å²) in [6, 6.07) is 13.6. The topological polar surface area (TPSA) is 84.0 Å².